The Balaban J connectivity index is 1.74. The van der Waals surface area contributed by atoms with Crippen molar-refractivity contribution in [2.45, 2.75) is 25.8 Å². The number of benzene rings is 1. The molecule has 1 N–H and O–H groups in total. The zero-order valence-corrected chi connectivity index (χ0v) is 13.7. The first kappa shape index (κ1) is 16.8. The minimum Gasteiger partial charge on any atom is -0.484 e. The van der Waals surface area contributed by atoms with Gasteiger partial charge in [-0.15, -0.1) is 0 Å². The molecular weight excluding hydrogens is 304 g/mol. The maximum atomic E-state index is 11.9. The lowest BCUT2D eigenvalue weighted by Crippen LogP contribution is -2.47. The molecule has 2 rings (SSSR count). The summed E-state index contributed by atoms with van der Waals surface area (Å²) in [6.45, 7) is 2.82. The molecule has 22 heavy (non-hydrogen) atoms. The number of nitrogens with zero attached hydrogens (tertiary/aromatic N) is 1. The monoisotopic (exact) mass is 326 g/mol. The van der Waals surface area contributed by atoms with Crippen LogP contribution in [0.3, 0.4) is 0 Å². The first-order chi connectivity index (χ1) is 10.3. The fraction of sp³-hybridized carbons (Fsp3) is 0.533. The van der Waals surface area contributed by atoms with Crippen LogP contribution >= 0.6 is 0 Å². The number of hydrogen-bond acceptors (Lipinski definition) is 4. The van der Waals surface area contributed by atoms with Crippen molar-refractivity contribution in [3.8, 4) is 5.75 Å². The van der Waals surface area contributed by atoms with Crippen LogP contribution in [0, 0.1) is 6.92 Å². The Morgan fingerprint density at radius 2 is 2.05 bits per heavy atom. The first-order valence-electron chi connectivity index (χ1n) is 7.28. The van der Waals surface area contributed by atoms with Crippen molar-refractivity contribution in [2.75, 3.05) is 26.0 Å². The molecule has 0 atom stereocenters. The van der Waals surface area contributed by atoms with Crippen molar-refractivity contribution in [1.82, 2.24) is 9.62 Å². The van der Waals surface area contributed by atoms with Gasteiger partial charge in [0.05, 0.1) is 6.26 Å². The predicted octanol–water partition coefficient (Wildman–Crippen LogP) is 0.914. The number of aryl methyl sites for hydroxylation is 1. The molecule has 0 spiro atoms. The molecule has 1 heterocycles. The van der Waals surface area contributed by atoms with Gasteiger partial charge >= 0.3 is 0 Å². The third-order valence-electron chi connectivity index (χ3n) is 3.65. The Bertz CT molecular complexity index is 622. The molecule has 1 amide bonds. The van der Waals surface area contributed by atoms with Crippen LogP contribution in [0.5, 0.6) is 5.75 Å². The van der Waals surface area contributed by atoms with Gasteiger partial charge in [0.1, 0.15) is 5.75 Å². The minimum absolute atomic E-state index is 0.00612. The highest BCUT2D eigenvalue weighted by Crippen LogP contribution is 2.14. The zero-order chi connectivity index (χ0) is 16.2. The van der Waals surface area contributed by atoms with Gasteiger partial charge in [-0.3, -0.25) is 4.79 Å². The molecule has 1 fully saturated rings. The molecule has 0 bridgehead atoms. The molecule has 1 aliphatic rings. The van der Waals surface area contributed by atoms with Crippen LogP contribution in [0.4, 0.5) is 0 Å². The molecule has 122 valence electrons. The summed E-state index contributed by atoms with van der Waals surface area (Å²) in [7, 11) is -3.13. The van der Waals surface area contributed by atoms with E-state index in [0.29, 0.717) is 31.7 Å². The number of hydrogen-bond donors (Lipinski definition) is 1. The number of amides is 1. The van der Waals surface area contributed by atoms with Crippen LogP contribution in [0.15, 0.2) is 24.3 Å². The predicted molar refractivity (Wildman–Crippen MR) is 84.3 cm³/mol. The third-order valence-corrected chi connectivity index (χ3v) is 4.95. The molecule has 6 nitrogen and oxygen atoms in total. The lowest BCUT2D eigenvalue weighted by Gasteiger charge is -2.30. The molecule has 1 aliphatic heterocycles. The van der Waals surface area contributed by atoms with Crippen molar-refractivity contribution >= 4 is 15.9 Å². The van der Waals surface area contributed by atoms with E-state index < -0.39 is 10.0 Å². The van der Waals surface area contributed by atoms with Crippen LogP contribution in [-0.4, -0.2) is 50.6 Å². The van der Waals surface area contributed by atoms with Gasteiger partial charge in [-0.2, -0.15) is 0 Å². The van der Waals surface area contributed by atoms with E-state index in [1.807, 2.05) is 31.2 Å². The largest absolute Gasteiger partial charge is 0.484 e. The summed E-state index contributed by atoms with van der Waals surface area (Å²) < 4.78 is 29.7. The Kier molecular flexibility index (Phi) is 5.42. The van der Waals surface area contributed by atoms with Crippen molar-refractivity contribution < 1.29 is 17.9 Å². The van der Waals surface area contributed by atoms with Crippen LogP contribution in [0.1, 0.15) is 18.4 Å². The minimum atomic E-state index is -3.13. The van der Waals surface area contributed by atoms with Gasteiger partial charge in [-0.05, 0) is 37.5 Å². The lowest BCUT2D eigenvalue weighted by molar-refractivity contribution is -0.124. The summed E-state index contributed by atoms with van der Waals surface area (Å²) in [6.07, 6.45) is 2.47. The highest BCUT2D eigenvalue weighted by molar-refractivity contribution is 7.88. The quantitative estimate of drug-likeness (QED) is 0.873. The van der Waals surface area contributed by atoms with Crippen molar-refractivity contribution in [3.63, 3.8) is 0 Å². The van der Waals surface area contributed by atoms with E-state index in [4.69, 9.17) is 4.74 Å². The summed E-state index contributed by atoms with van der Waals surface area (Å²) in [5.41, 5.74) is 1.08. The number of sulfonamides is 1. The van der Waals surface area contributed by atoms with E-state index >= 15 is 0 Å². The fourth-order valence-electron chi connectivity index (χ4n) is 2.46. The second-order valence-electron chi connectivity index (χ2n) is 5.61. The summed E-state index contributed by atoms with van der Waals surface area (Å²) in [5.74, 6) is 0.487. The van der Waals surface area contributed by atoms with Gasteiger partial charge in [-0.25, -0.2) is 12.7 Å². The van der Waals surface area contributed by atoms with E-state index in [9.17, 15) is 13.2 Å². The van der Waals surface area contributed by atoms with Crippen molar-refractivity contribution in [1.29, 1.82) is 0 Å². The fourth-order valence-corrected chi connectivity index (χ4v) is 3.33. The molecule has 1 saturated heterocycles. The summed E-state index contributed by atoms with van der Waals surface area (Å²) in [6, 6.07) is 7.53. The van der Waals surface area contributed by atoms with Gasteiger partial charge in [0.2, 0.25) is 10.0 Å². The number of nitrogens with one attached hydrogen (secondary N) is 1. The van der Waals surface area contributed by atoms with Crippen LogP contribution in [-0.2, 0) is 14.8 Å². The normalized spacial score (nSPS) is 17.2. The number of ether oxygens (including phenoxy) is 1. The van der Waals surface area contributed by atoms with Gasteiger partial charge in [0.15, 0.2) is 6.61 Å². The van der Waals surface area contributed by atoms with E-state index in [1.165, 1.54) is 10.6 Å². The number of carbonyl (C=O) groups is 1. The molecular formula is C15H22N2O4S. The molecule has 0 unspecified atom stereocenters. The Morgan fingerprint density at radius 3 is 2.64 bits per heavy atom. The lowest BCUT2D eigenvalue weighted by atomic mass is 10.1. The SMILES string of the molecule is Cc1cccc(OCC(=O)NC2CCN(S(C)(=O)=O)CC2)c1. The molecule has 0 saturated carbocycles. The highest BCUT2D eigenvalue weighted by Gasteiger charge is 2.25. The van der Waals surface area contributed by atoms with Gasteiger partial charge < -0.3 is 10.1 Å². The molecule has 1 aromatic carbocycles. The van der Waals surface area contributed by atoms with E-state index in [-0.39, 0.29) is 18.6 Å². The first-order valence-corrected chi connectivity index (χ1v) is 9.13. The highest BCUT2D eigenvalue weighted by atomic mass is 32.2. The van der Waals surface area contributed by atoms with E-state index in [0.717, 1.165) is 5.56 Å². The van der Waals surface area contributed by atoms with E-state index in [1.54, 1.807) is 0 Å². The Hall–Kier alpha value is -1.60. The maximum Gasteiger partial charge on any atom is 0.258 e. The summed E-state index contributed by atoms with van der Waals surface area (Å²) in [4.78, 5) is 11.9. The third kappa shape index (κ3) is 4.99. The average Bonchev–Trinajstić information content (AvgIpc) is 2.45. The molecule has 0 radical (unpaired) electrons. The average molecular weight is 326 g/mol. The molecule has 0 aliphatic carbocycles. The van der Waals surface area contributed by atoms with Gasteiger partial charge in [-0.1, -0.05) is 12.1 Å². The van der Waals surface area contributed by atoms with Crippen LogP contribution in [0.2, 0.25) is 0 Å². The smallest absolute Gasteiger partial charge is 0.258 e. The Labute approximate surface area is 131 Å². The number of carbonyl (C=O) groups excluding carboxylic acids is 1. The topological polar surface area (TPSA) is 75.7 Å². The number of rotatable bonds is 5. The van der Waals surface area contributed by atoms with Crippen LogP contribution in [0.25, 0.3) is 0 Å². The number of piperidine rings is 1. The maximum absolute atomic E-state index is 11.9. The Morgan fingerprint density at radius 1 is 1.36 bits per heavy atom. The molecule has 1 aromatic rings. The standard InChI is InChI=1S/C15H22N2O4S/c1-12-4-3-5-14(10-12)21-11-15(18)16-13-6-8-17(9-7-13)22(2,19)20/h3-5,10,13H,6-9,11H2,1-2H3,(H,16,18). The zero-order valence-electron chi connectivity index (χ0n) is 12.9. The van der Waals surface area contributed by atoms with Crippen molar-refractivity contribution in [3.05, 3.63) is 29.8 Å². The summed E-state index contributed by atoms with van der Waals surface area (Å²) >= 11 is 0. The van der Waals surface area contributed by atoms with E-state index in [2.05, 4.69) is 5.32 Å². The molecule has 0 aromatic heterocycles. The summed E-state index contributed by atoms with van der Waals surface area (Å²) in [5, 5.41) is 2.89. The molecule has 7 heteroatoms. The van der Waals surface area contributed by atoms with Crippen molar-refractivity contribution in [2.24, 2.45) is 0 Å². The second kappa shape index (κ2) is 7.11. The second-order valence-corrected chi connectivity index (χ2v) is 7.59. The van der Waals surface area contributed by atoms with Gasteiger partial charge in [0, 0.05) is 19.1 Å². The van der Waals surface area contributed by atoms with Gasteiger partial charge in [0.25, 0.3) is 5.91 Å². The van der Waals surface area contributed by atoms with Crippen LogP contribution < -0.4 is 10.1 Å².